The number of aromatic nitrogens is 4. The van der Waals surface area contributed by atoms with E-state index in [0.717, 1.165) is 55.5 Å². The van der Waals surface area contributed by atoms with Gasteiger partial charge in [-0.25, -0.2) is 0 Å². The van der Waals surface area contributed by atoms with Crippen molar-refractivity contribution in [2.45, 2.75) is 53.4 Å². The molecule has 0 spiro atoms. The fourth-order valence-electron chi connectivity index (χ4n) is 4.32. The molecule has 1 amide bonds. The van der Waals surface area contributed by atoms with E-state index in [9.17, 15) is 18.0 Å². The smallest absolute Gasteiger partial charge is 0.347 e. The van der Waals surface area contributed by atoms with Crippen LogP contribution < -0.4 is 5.32 Å². The molecule has 0 fully saturated rings. The Morgan fingerprint density at radius 2 is 1.64 bits per heavy atom. The highest BCUT2D eigenvalue weighted by Gasteiger charge is 2.38. The molecule has 0 aliphatic carbocycles. The Morgan fingerprint density at radius 3 is 2.22 bits per heavy atom. The zero-order chi connectivity index (χ0) is 26.0. The number of halogens is 3. The van der Waals surface area contributed by atoms with Gasteiger partial charge in [0.15, 0.2) is 5.69 Å². The lowest BCUT2D eigenvalue weighted by molar-refractivity contribution is -0.138. The van der Waals surface area contributed by atoms with Crippen molar-refractivity contribution in [2.75, 3.05) is 0 Å². The van der Waals surface area contributed by atoms with Crippen molar-refractivity contribution in [1.82, 2.24) is 25.3 Å². The molecule has 0 atom stereocenters. The van der Waals surface area contributed by atoms with Gasteiger partial charge in [0.1, 0.15) is 5.56 Å². The fraction of sp³-hybridized carbons (Fsp3) is 0.296. The average molecular weight is 496 g/mol. The molecule has 6 nitrogen and oxygen atoms in total. The number of carbonyl (C=O) groups excluding carboxylic acids is 1. The number of rotatable bonds is 7. The van der Waals surface area contributed by atoms with E-state index in [1.54, 1.807) is 6.20 Å². The van der Waals surface area contributed by atoms with Crippen LogP contribution in [0.2, 0.25) is 0 Å². The lowest BCUT2D eigenvalue weighted by Crippen LogP contribution is -2.26. The Labute approximate surface area is 207 Å². The highest BCUT2D eigenvalue weighted by atomic mass is 19.4. The number of alkyl halides is 3. The maximum absolute atomic E-state index is 13.7. The number of hydrogen-bond acceptors (Lipinski definition) is 3. The number of amides is 1. The number of nitrogens with one attached hydrogen (secondary N) is 2. The van der Waals surface area contributed by atoms with Crippen molar-refractivity contribution in [3.05, 3.63) is 105 Å². The van der Waals surface area contributed by atoms with Gasteiger partial charge in [-0.1, -0.05) is 42.0 Å². The van der Waals surface area contributed by atoms with E-state index in [0.29, 0.717) is 6.42 Å². The average Bonchev–Trinajstić information content (AvgIpc) is 3.40. The number of benzene rings is 2. The highest BCUT2D eigenvalue weighted by molar-refractivity contribution is 5.93. The van der Waals surface area contributed by atoms with Crippen LogP contribution in [-0.2, 0) is 25.7 Å². The molecule has 0 aliphatic heterocycles. The van der Waals surface area contributed by atoms with Crippen molar-refractivity contribution in [3.63, 3.8) is 0 Å². The third-order valence-corrected chi connectivity index (χ3v) is 6.23. The molecule has 0 saturated heterocycles. The van der Waals surface area contributed by atoms with Gasteiger partial charge in [-0.15, -0.1) is 0 Å². The largest absolute Gasteiger partial charge is 0.420 e. The van der Waals surface area contributed by atoms with Crippen LogP contribution in [0.4, 0.5) is 13.2 Å². The normalized spacial score (nSPS) is 11.6. The van der Waals surface area contributed by atoms with Crippen LogP contribution in [0.25, 0.3) is 0 Å². The van der Waals surface area contributed by atoms with Gasteiger partial charge >= 0.3 is 6.18 Å². The van der Waals surface area contributed by atoms with Crippen LogP contribution in [0.3, 0.4) is 0 Å². The van der Waals surface area contributed by atoms with Gasteiger partial charge in [0.2, 0.25) is 0 Å². The minimum atomic E-state index is -4.70. The maximum Gasteiger partial charge on any atom is 0.420 e. The van der Waals surface area contributed by atoms with Crippen LogP contribution in [0.1, 0.15) is 60.7 Å². The standard InChI is InChI=1S/C27H28F3N5O/c1-16-9-17(2)22(18(3)10-16)13-31-26(36)25-23(27(28,29)30)15-35(34-25)14-21-7-5-20(6-8-21)11-24-19(4)12-32-33-24/h5-10,12,15H,11,13-14H2,1-4H3,(H,31,36)(H,32,33). The van der Waals surface area contributed by atoms with E-state index in [1.807, 2.05) is 64.1 Å². The second kappa shape index (κ2) is 10.0. The summed E-state index contributed by atoms with van der Waals surface area (Å²) in [6.07, 6.45) is -1.38. The molecule has 4 aromatic rings. The summed E-state index contributed by atoms with van der Waals surface area (Å²) in [5.74, 6) is -0.856. The quantitative estimate of drug-likeness (QED) is 0.359. The number of nitrogens with zero attached hydrogens (tertiary/aromatic N) is 3. The summed E-state index contributed by atoms with van der Waals surface area (Å²) in [5.41, 5.74) is 6.12. The lowest BCUT2D eigenvalue weighted by Gasteiger charge is -2.12. The van der Waals surface area contributed by atoms with Crippen LogP contribution in [0.5, 0.6) is 0 Å². The highest BCUT2D eigenvalue weighted by Crippen LogP contribution is 2.32. The second-order valence-electron chi connectivity index (χ2n) is 9.17. The van der Waals surface area contributed by atoms with Crippen molar-refractivity contribution >= 4 is 5.91 Å². The molecule has 0 radical (unpaired) electrons. The maximum atomic E-state index is 13.7. The first-order valence-corrected chi connectivity index (χ1v) is 11.6. The van der Waals surface area contributed by atoms with Gasteiger partial charge in [0.25, 0.3) is 5.91 Å². The van der Waals surface area contributed by atoms with Crippen molar-refractivity contribution in [3.8, 4) is 0 Å². The van der Waals surface area contributed by atoms with Crippen molar-refractivity contribution in [1.29, 1.82) is 0 Å². The van der Waals surface area contributed by atoms with E-state index in [4.69, 9.17) is 0 Å². The number of hydrogen-bond donors (Lipinski definition) is 2. The van der Waals surface area contributed by atoms with Gasteiger partial charge in [-0.3, -0.25) is 14.6 Å². The Morgan fingerprint density at radius 1 is 1.00 bits per heavy atom. The number of aryl methyl sites for hydroxylation is 4. The van der Waals surface area contributed by atoms with Gasteiger partial charge in [0, 0.05) is 24.9 Å². The third-order valence-electron chi connectivity index (χ3n) is 6.23. The molecule has 2 aromatic heterocycles. The van der Waals surface area contributed by atoms with Gasteiger partial charge in [-0.05, 0) is 61.1 Å². The van der Waals surface area contributed by atoms with Gasteiger partial charge in [0.05, 0.1) is 12.7 Å². The summed E-state index contributed by atoms with van der Waals surface area (Å²) >= 11 is 0. The Hall–Kier alpha value is -3.88. The molecule has 0 aliphatic rings. The molecule has 2 heterocycles. The zero-order valence-electron chi connectivity index (χ0n) is 20.6. The Kier molecular flexibility index (Phi) is 7.01. The predicted molar refractivity (Wildman–Crippen MR) is 131 cm³/mol. The van der Waals surface area contributed by atoms with E-state index < -0.39 is 23.3 Å². The molecule has 2 aromatic carbocycles. The summed E-state index contributed by atoms with van der Waals surface area (Å²) in [6.45, 7) is 8.00. The first-order chi connectivity index (χ1) is 17.0. The Bertz CT molecular complexity index is 1360. The molecule has 4 rings (SSSR count). The predicted octanol–water partition coefficient (Wildman–Crippen LogP) is 5.43. The SMILES string of the molecule is Cc1cc(C)c(CNC(=O)c2nn(Cc3ccc(Cc4[nH]ncc4C)cc3)cc2C(F)(F)F)c(C)c1. The summed E-state index contributed by atoms with van der Waals surface area (Å²) in [5, 5.41) is 13.6. The molecule has 0 unspecified atom stereocenters. The monoisotopic (exact) mass is 495 g/mol. The van der Waals surface area contributed by atoms with E-state index >= 15 is 0 Å². The van der Waals surface area contributed by atoms with Crippen LogP contribution in [-0.4, -0.2) is 25.9 Å². The van der Waals surface area contributed by atoms with Gasteiger partial charge in [-0.2, -0.15) is 23.4 Å². The summed E-state index contributed by atoms with van der Waals surface area (Å²) in [6, 6.07) is 11.5. The minimum Gasteiger partial charge on any atom is -0.347 e. The van der Waals surface area contributed by atoms with Gasteiger partial charge < -0.3 is 5.32 Å². The summed E-state index contributed by atoms with van der Waals surface area (Å²) in [7, 11) is 0. The Balaban J connectivity index is 1.50. The van der Waals surface area contributed by atoms with Crippen molar-refractivity contribution in [2.24, 2.45) is 0 Å². The molecule has 0 saturated carbocycles. The minimum absolute atomic E-state index is 0.107. The van der Waals surface area contributed by atoms with E-state index in [1.165, 1.54) is 0 Å². The molecular formula is C27H28F3N5O. The number of carbonyl (C=O) groups is 1. The van der Waals surface area contributed by atoms with Crippen LogP contribution in [0.15, 0.2) is 48.8 Å². The second-order valence-corrected chi connectivity index (χ2v) is 9.17. The zero-order valence-corrected chi connectivity index (χ0v) is 20.6. The summed E-state index contributed by atoms with van der Waals surface area (Å²) < 4.78 is 42.3. The topological polar surface area (TPSA) is 75.6 Å². The van der Waals surface area contributed by atoms with E-state index in [-0.39, 0.29) is 13.1 Å². The molecule has 0 bridgehead atoms. The third kappa shape index (κ3) is 5.67. The molecule has 2 N–H and O–H groups in total. The van der Waals surface area contributed by atoms with E-state index in [2.05, 4.69) is 20.6 Å². The van der Waals surface area contributed by atoms with Crippen molar-refractivity contribution < 1.29 is 18.0 Å². The summed E-state index contributed by atoms with van der Waals surface area (Å²) in [4.78, 5) is 12.8. The van der Waals surface area contributed by atoms with Crippen LogP contribution >= 0.6 is 0 Å². The van der Waals surface area contributed by atoms with Crippen LogP contribution in [0, 0.1) is 27.7 Å². The molecular weight excluding hydrogens is 467 g/mol. The lowest BCUT2D eigenvalue weighted by atomic mass is 10.00. The number of H-pyrrole nitrogens is 1. The number of aromatic amines is 1. The molecule has 36 heavy (non-hydrogen) atoms. The molecule has 188 valence electrons. The first kappa shape index (κ1) is 25.2. The first-order valence-electron chi connectivity index (χ1n) is 11.6. The fourth-order valence-corrected chi connectivity index (χ4v) is 4.32. The molecule has 9 heteroatoms.